The molecule has 5 nitrogen and oxygen atoms in total. The summed E-state index contributed by atoms with van der Waals surface area (Å²) >= 11 is 0. The fraction of sp³-hybridized carbons (Fsp3) is 0. The molecule has 0 atom stereocenters. The smallest absolute Gasteiger partial charge is 0.238 e. The molecule has 7 aromatic carbocycles. The van der Waals surface area contributed by atoms with Crippen molar-refractivity contribution in [3.05, 3.63) is 140 Å². The van der Waals surface area contributed by atoms with Crippen LogP contribution < -0.4 is 27.3 Å². The zero-order valence-corrected chi connectivity index (χ0v) is 29.4. The predicted molar refractivity (Wildman–Crippen MR) is 230 cm³/mol. The van der Waals surface area contributed by atoms with E-state index in [-0.39, 0.29) is 27.3 Å². The van der Waals surface area contributed by atoms with Crippen molar-refractivity contribution in [2.75, 3.05) is 0 Å². The van der Waals surface area contributed by atoms with Crippen molar-refractivity contribution in [1.82, 2.24) is 19.5 Å². The molecule has 0 aliphatic heterocycles. The molecule has 3 heterocycles. The summed E-state index contributed by atoms with van der Waals surface area (Å²) in [5.41, 5.74) is 9.40. The van der Waals surface area contributed by atoms with Gasteiger partial charge < -0.3 is 4.42 Å². The minimum absolute atomic E-state index is 0.163. The van der Waals surface area contributed by atoms with E-state index in [2.05, 4.69) is 30.3 Å². The zero-order chi connectivity index (χ0) is 37.4. The second kappa shape index (κ2) is 12.8. The number of para-hydroxylation sites is 1. The van der Waals surface area contributed by atoms with Crippen LogP contribution in [0.3, 0.4) is 0 Å². The Morgan fingerprint density at radius 3 is 1.80 bits per heavy atom. The zero-order valence-electron chi connectivity index (χ0n) is 29.4. The van der Waals surface area contributed by atoms with Crippen LogP contribution in [0.1, 0.15) is 0 Å². The molecular formula is C45H23B5N4O. The van der Waals surface area contributed by atoms with Gasteiger partial charge in [-0.3, -0.25) is 4.57 Å². The van der Waals surface area contributed by atoms with E-state index in [0.717, 1.165) is 71.6 Å². The van der Waals surface area contributed by atoms with E-state index >= 15 is 0 Å². The van der Waals surface area contributed by atoms with Gasteiger partial charge in [0.05, 0.1) is 11.0 Å². The summed E-state index contributed by atoms with van der Waals surface area (Å²) in [5.74, 6) is 1.45. The van der Waals surface area contributed by atoms with E-state index in [4.69, 9.17) is 58.6 Å². The lowest BCUT2D eigenvalue weighted by Gasteiger charge is -2.22. The molecule has 0 saturated carbocycles. The van der Waals surface area contributed by atoms with Crippen LogP contribution in [-0.4, -0.2) is 58.8 Å². The van der Waals surface area contributed by atoms with Crippen molar-refractivity contribution in [3.8, 4) is 51.0 Å². The van der Waals surface area contributed by atoms with Crippen LogP contribution in [0.4, 0.5) is 0 Å². The highest BCUT2D eigenvalue weighted by atomic mass is 16.3. The molecule has 10 heteroatoms. The molecule has 3 aromatic heterocycles. The summed E-state index contributed by atoms with van der Waals surface area (Å²) in [6.07, 6.45) is 0. The highest BCUT2D eigenvalue weighted by Gasteiger charge is 2.23. The van der Waals surface area contributed by atoms with Gasteiger partial charge in [-0.05, 0) is 52.6 Å². The summed E-state index contributed by atoms with van der Waals surface area (Å²) in [7, 11) is 32.2. The molecule has 0 fully saturated rings. The van der Waals surface area contributed by atoms with E-state index in [9.17, 15) is 0 Å². The third-order valence-corrected chi connectivity index (χ3v) is 10.4. The summed E-state index contributed by atoms with van der Waals surface area (Å²) in [5, 5.41) is 3.69. The first kappa shape index (κ1) is 33.1. The molecule has 0 aliphatic rings. The molecule has 10 radical (unpaired) electrons. The van der Waals surface area contributed by atoms with Gasteiger partial charge in [-0.1, -0.05) is 120 Å². The second-order valence-corrected chi connectivity index (χ2v) is 13.5. The van der Waals surface area contributed by atoms with E-state index < -0.39 is 0 Å². The lowest BCUT2D eigenvalue weighted by molar-refractivity contribution is 0.669. The first-order valence-electron chi connectivity index (χ1n) is 17.7. The van der Waals surface area contributed by atoms with Crippen LogP contribution >= 0.6 is 0 Å². The minimum Gasteiger partial charge on any atom is -0.456 e. The minimum atomic E-state index is 0.163. The highest BCUT2D eigenvalue weighted by Crippen LogP contribution is 2.40. The van der Waals surface area contributed by atoms with Gasteiger partial charge in [-0.15, -0.1) is 16.4 Å². The Morgan fingerprint density at radius 2 is 1.04 bits per heavy atom. The number of aromatic nitrogens is 4. The van der Waals surface area contributed by atoms with Gasteiger partial charge in [0.15, 0.2) is 11.6 Å². The Labute approximate surface area is 323 Å². The Hall–Kier alpha value is -6.53. The van der Waals surface area contributed by atoms with Crippen LogP contribution in [0.2, 0.25) is 0 Å². The number of nitrogens with zero attached hydrogens (tertiary/aromatic N) is 4. The summed E-state index contributed by atoms with van der Waals surface area (Å²) in [6.45, 7) is 0. The van der Waals surface area contributed by atoms with Gasteiger partial charge in [-0.25, -0.2) is 4.98 Å². The van der Waals surface area contributed by atoms with Gasteiger partial charge in [0.2, 0.25) is 5.95 Å². The monoisotopic (exact) mass is 690 g/mol. The molecule has 0 saturated heterocycles. The number of fused-ring (bicyclic) bond motifs is 6. The van der Waals surface area contributed by atoms with Crippen LogP contribution in [-0.2, 0) is 0 Å². The van der Waals surface area contributed by atoms with Crippen LogP contribution in [0, 0.1) is 0 Å². The van der Waals surface area contributed by atoms with Gasteiger partial charge in [0, 0.05) is 32.7 Å². The summed E-state index contributed by atoms with van der Waals surface area (Å²) in [6, 6.07) is 46.4. The van der Waals surface area contributed by atoms with Crippen LogP contribution in [0.25, 0.3) is 94.7 Å². The summed E-state index contributed by atoms with van der Waals surface area (Å²) in [4.78, 5) is 15.5. The maximum Gasteiger partial charge on any atom is 0.238 e. The number of hydrogen-bond donors (Lipinski definition) is 0. The van der Waals surface area contributed by atoms with Crippen molar-refractivity contribution in [1.29, 1.82) is 0 Å². The second-order valence-electron chi connectivity index (χ2n) is 13.5. The SMILES string of the molecule is [B]c1c([B])c([B])c(-c2cccc3c2c2ccccc2n3-c2nc(-c3ccccc3)nc(-c3cccc4oc5ccc(-c6ccccc6)cc5c34)n2)c([B])c1[B]. The maximum absolute atomic E-state index is 6.64. The topological polar surface area (TPSA) is 56.7 Å². The van der Waals surface area contributed by atoms with Crippen molar-refractivity contribution in [2.24, 2.45) is 0 Å². The Kier molecular flexibility index (Phi) is 7.70. The molecule has 0 amide bonds. The average Bonchev–Trinajstić information content (AvgIpc) is 3.79. The van der Waals surface area contributed by atoms with Crippen LogP contribution in [0.15, 0.2) is 144 Å². The Bertz CT molecular complexity index is 3130. The van der Waals surface area contributed by atoms with E-state index in [1.165, 1.54) is 0 Å². The molecule has 0 unspecified atom stereocenters. The number of rotatable bonds is 5. The standard InChI is InChI=1S/C45H23B5N4O/c46-38-37(39(47)41(49)42(50)40(38)48)28-16-9-19-32-35(28)27-15-7-8-18-31(27)54(32)45-52-43(25-13-5-2-6-14-25)51-44(53-45)29-17-10-20-34-36(29)30-23-26(21-22-33(30)55-34)24-11-3-1-4-12-24/h1-23H. The molecule has 0 spiro atoms. The molecule has 0 bridgehead atoms. The van der Waals surface area contributed by atoms with Gasteiger partial charge >= 0.3 is 0 Å². The third kappa shape index (κ3) is 5.19. The molecule has 0 aliphatic carbocycles. The van der Waals surface area contributed by atoms with Crippen LogP contribution in [0.5, 0.6) is 0 Å². The third-order valence-electron chi connectivity index (χ3n) is 10.4. The molecule has 244 valence electrons. The van der Waals surface area contributed by atoms with Crippen molar-refractivity contribution in [3.63, 3.8) is 0 Å². The Morgan fingerprint density at radius 1 is 0.418 bits per heavy atom. The largest absolute Gasteiger partial charge is 0.456 e. The van der Waals surface area contributed by atoms with E-state index in [0.29, 0.717) is 23.2 Å². The van der Waals surface area contributed by atoms with Gasteiger partial charge in [-0.2, -0.15) is 9.97 Å². The fourth-order valence-corrected chi connectivity index (χ4v) is 7.71. The number of furan rings is 1. The van der Waals surface area contributed by atoms with E-state index in [1.54, 1.807) is 0 Å². The van der Waals surface area contributed by atoms with Crippen molar-refractivity contribution in [2.45, 2.75) is 0 Å². The lowest BCUT2D eigenvalue weighted by atomic mass is 9.59. The molecule has 10 rings (SSSR count). The number of benzene rings is 7. The Balaban J connectivity index is 1.27. The predicted octanol–water partition coefficient (Wildman–Crippen LogP) is 5.51. The quantitative estimate of drug-likeness (QED) is 0.224. The maximum atomic E-state index is 6.64. The lowest BCUT2D eigenvalue weighted by Crippen LogP contribution is -2.55. The average molecular weight is 690 g/mol. The van der Waals surface area contributed by atoms with Crippen molar-refractivity contribution < 1.29 is 4.42 Å². The first-order chi connectivity index (χ1) is 26.9. The summed E-state index contributed by atoms with van der Waals surface area (Å²) < 4.78 is 8.46. The van der Waals surface area contributed by atoms with Crippen molar-refractivity contribution >= 4 is 110 Å². The molecule has 0 N–H and O–H groups in total. The van der Waals surface area contributed by atoms with Gasteiger partial charge in [0.1, 0.15) is 50.4 Å². The first-order valence-corrected chi connectivity index (χ1v) is 17.7. The molecule has 10 aromatic rings. The highest BCUT2D eigenvalue weighted by molar-refractivity contribution is 6.69. The number of hydrogen-bond acceptors (Lipinski definition) is 4. The molecular weight excluding hydrogens is 667 g/mol. The van der Waals surface area contributed by atoms with Gasteiger partial charge in [0.25, 0.3) is 0 Å². The van der Waals surface area contributed by atoms with E-state index in [1.807, 2.05) is 114 Å². The molecule has 55 heavy (non-hydrogen) atoms. The normalized spacial score (nSPS) is 11.6. The fourth-order valence-electron chi connectivity index (χ4n) is 7.71.